The molecule has 1 aliphatic heterocycles. The van der Waals surface area contributed by atoms with E-state index >= 15 is 0 Å². The van der Waals surface area contributed by atoms with E-state index in [1.165, 1.54) is 0 Å². The van der Waals surface area contributed by atoms with Crippen molar-refractivity contribution in [2.45, 2.75) is 25.9 Å². The number of ether oxygens (including phenoxy) is 1. The monoisotopic (exact) mass is 377 g/mol. The molecule has 1 aliphatic rings. The molecule has 0 saturated carbocycles. The maximum absolute atomic E-state index is 12.5. The molecule has 0 bridgehead atoms. The highest BCUT2D eigenvalue weighted by Crippen LogP contribution is 2.27. The summed E-state index contributed by atoms with van der Waals surface area (Å²) in [6.45, 7) is 4.32. The highest BCUT2D eigenvalue weighted by molar-refractivity contribution is 5.95. The SMILES string of the molecule is Cc1cccc(C(=O)N2CC(c3nc(CCOCc4ccccc4)no3)C2)c1. The van der Waals surface area contributed by atoms with Crippen molar-refractivity contribution in [1.29, 1.82) is 0 Å². The number of aryl methyl sites for hydroxylation is 1. The quantitative estimate of drug-likeness (QED) is 0.591. The molecule has 0 N–H and O–H groups in total. The highest BCUT2D eigenvalue weighted by Gasteiger charge is 2.35. The molecular weight excluding hydrogens is 354 g/mol. The second kappa shape index (κ2) is 8.35. The van der Waals surface area contributed by atoms with Crippen molar-refractivity contribution in [3.05, 3.63) is 83.0 Å². The minimum atomic E-state index is 0.0500. The van der Waals surface area contributed by atoms with Crippen molar-refractivity contribution < 1.29 is 14.1 Å². The molecule has 2 aromatic carbocycles. The van der Waals surface area contributed by atoms with Gasteiger partial charge in [-0.15, -0.1) is 0 Å². The van der Waals surface area contributed by atoms with Gasteiger partial charge in [0.05, 0.1) is 19.1 Å². The second-order valence-corrected chi connectivity index (χ2v) is 7.11. The highest BCUT2D eigenvalue weighted by atomic mass is 16.5. The fourth-order valence-corrected chi connectivity index (χ4v) is 3.22. The molecule has 1 fully saturated rings. The lowest BCUT2D eigenvalue weighted by atomic mass is 9.98. The number of nitrogens with zero attached hydrogens (tertiary/aromatic N) is 3. The Hall–Kier alpha value is -2.99. The maximum atomic E-state index is 12.5. The van der Waals surface area contributed by atoms with Crippen LogP contribution >= 0.6 is 0 Å². The Labute approximate surface area is 164 Å². The van der Waals surface area contributed by atoms with Crippen molar-refractivity contribution in [3.8, 4) is 0 Å². The maximum Gasteiger partial charge on any atom is 0.253 e. The average Bonchev–Trinajstić information content (AvgIpc) is 3.13. The Kier molecular flexibility index (Phi) is 5.48. The molecule has 3 aromatic rings. The Bertz CT molecular complexity index is 933. The number of hydrogen-bond donors (Lipinski definition) is 0. The minimum Gasteiger partial charge on any atom is -0.376 e. The zero-order valence-corrected chi connectivity index (χ0v) is 15.9. The van der Waals surface area contributed by atoms with Gasteiger partial charge in [0.2, 0.25) is 5.89 Å². The van der Waals surface area contributed by atoms with Crippen molar-refractivity contribution in [3.63, 3.8) is 0 Å². The van der Waals surface area contributed by atoms with E-state index in [1.54, 1.807) is 0 Å². The second-order valence-electron chi connectivity index (χ2n) is 7.11. The molecule has 1 saturated heterocycles. The summed E-state index contributed by atoms with van der Waals surface area (Å²) < 4.78 is 11.0. The van der Waals surface area contributed by atoms with Crippen LogP contribution < -0.4 is 0 Å². The molecule has 0 unspecified atom stereocenters. The van der Waals surface area contributed by atoms with Gasteiger partial charge in [0.1, 0.15) is 0 Å². The first-order valence-corrected chi connectivity index (χ1v) is 9.49. The van der Waals surface area contributed by atoms with Gasteiger partial charge >= 0.3 is 0 Å². The summed E-state index contributed by atoms with van der Waals surface area (Å²) >= 11 is 0. The van der Waals surface area contributed by atoms with Crippen molar-refractivity contribution in [2.24, 2.45) is 0 Å². The Morgan fingerprint density at radius 2 is 2.00 bits per heavy atom. The van der Waals surface area contributed by atoms with E-state index in [1.807, 2.05) is 66.4 Å². The predicted octanol–water partition coefficient (Wildman–Crippen LogP) is 3.38. The lowest BCUT2D eigenvalue weighted by Crippen LogP contribution is -2.48. The van der Waals surface area contributed by atoms with E-state index in [2.05, 4.69) is 10.1 Å². The standard InChI is InChI=1S/C22H23N3O3/c1-16-6-5-9-18(12-16)22(26)25-13-19(14-25)21-23-20(24-28-21)10-11-27-15-17-7-3-2-4-8-17/h2-9,12,19H,10-11,13-15H2,1H3. The third-order valence-electron chi connectivity index (χ3n) is 4.85. The van der Waals surface area contributed by atoms with E-state index < -0.39 is 0 Å². The summed E-state index contributed by atoms with van der Waals surface area (Å²) in [6.07, 6.45) is 0.606. The Morgan fingerprint density at radius 1 is 1.18 bits per heavy atom. The van der Waals surface area contributed by atoms with Gasteiger partial charge in [-0.2, -0.15) is 4.98 Å². The third-order valence-corrected chi connectivity index (χ3v) is 4.85. The van der Waals surface area contributed by atoms with E-state index in [0.717, 1.165) is 16.7 Å². The molecular formula is C22H23N3O3. The first kappa shape index (κ1) is 18.4. The molecule has 144 valence electrons. The summed E-state index contributed by atoms with van der Waals surface area (Å²) in [5.74, 6) is 1.41. The lowest BCUT2D eigenvalue weighted by Gasteiger charge is -2.37. The first-order chi connectivity index (χ1) is 13.7. The van der Waals surface area contributed by atoms with Gasteiger partial charge in [-0.25, -0.2) is 0 Å². The van der Waals surface area contributed by atoms with E-state index in [4.69, 9.17) is 9.26 Å². The van der Waals surface area contributed by atoms with Gasteiger partial charge in [0, 0.05) is 25.1 Å². The van der Waals surface area contributed by atoms with Gasteiger partial charge in [-0.3, -0.25) is 4.79 Å². The minimum absolute atomic E-state index is 0.0500. The molecule has 2 heterocycles. The van der Waals surface area contributed by atoms with Gasteiger partial charge in [-0.1, -0.05) is 53.2 Å². The van der Waals surface area contributed by atoms with Gasteiger partial charge in [0.25, 0.3) is 5.91 Å². The predicted molar refractivity (Wildman–Crippen MR) is 104 cm³/mol. The van der Waals surface area contributed by atoms with Crippen LogP contribution in [-0.2, 0) is 17.8 Å². The van der Waals surface area contributed by atoms with Crippen LogP contribution in [0.25, 0.3) is 0 Å². The number of aromatic nitrogens is 2. The summed E-state index contributed by atoms with van der Waals surface area (Å²) in [7, 11) is 0. The van der Waals surface area contributed by atoms with Crippen LogP contribution in [-0.4, -0.2) is 40.6 Å². The molecule has 28 heavy (non-hydrogen) atoms. The first-order valence-electron chi connectivity index (χ1n) is 9.49. The Morgan fingerprint density at radius 3 is 2.79 bits per heavy atom. The smallest absolute Gasteiger partial charge is 0.253 e. The van der Waals surface area contributed by atoms with E-state index in [9.17, 15) is 4.79 Å². The van der Waals surface area contributed by atoms with Crippen LogP contribution in [0.3, 0.4) is 0 Å². The zero-order chi connectivity index (χ0) is 19.3. The molecule has 0 aliphatic carbocycles. The zero-order valence-electron chi connectivity index (χ0n) is 15.9. The largest absolute Gasteiger partial charge is 0.376 e. The van der Waals surface area contributed by atoms with Crippen molar-refractivity contribution in [2.75, 3.05) is 19.7 Å². The number of likely N-dealkylation sites (tertiary alicyclic amines) is 1. The third kappa shape index (κ3) is 4.28. The normalized spacial score (nSPS) is 14.1. The molecule has 6 nitrogen and oxygen atoms in total. The van der Waals surface area contributed by atoms with E-state index in [0.29, 0.717) is 44.4 Å². The van der Waals surface area contributed by atoms with Gasteiger partial charge < -0.3 is 14.2 Å². The molecule has 4 rings (SSSR count). The molecule has 1 amide bonds. The molecule has 0 radical (unpaired) electrons. The number of carbonyl (C=O) groups is 1. The van der Waals surface area contributed by atoms with Gasteiger partial charge in [0.15, 0.2) is 5.82 Å². The molecule has 0 atom stereocenters. The molecule has 0 spiro atoms. The van der Waals surface area contributed by atoms with Crippen LogP contribution in [0.2, 0.25) is 0 Å². The number of benzene rings is 2. The average molecular weight is 377 g/mol. The van der Waals surface area contributed by atoms with Crippen LogP contribution in [0.1, 0.15) is 39.1 Å². The van der Waals surface area contributed by atoms with Crippen LogP contribution in [0.5, 0.6) is 0 Å². The summed E-state index contributed by atoms with van der Waals surface area (Å²) in [6, 6.07) is 17.7. The van der Waals surface area contributed by atoms with Crippen molar-refractivity contribution >= 4 is 5.91 Å². The van der Waals surface area contributed by atoms with Crippen LogP contribution in [0, 0.1) is 6.92 Å². The summed E-state index contributed by atoms with van der Waals surface area (Å²) in [4.78, 5) is 18.8. The lowest BCUT2D eigenvalue weighted by molar-refractivity contribution is 0.0569. The van der Waals surface area contributed by atoms with Crippen LogP contribution in [0.4, 0.5) is 0 Å². The van der Waals surface area contributed by atoms with Gasteiger partial charge in [-0.05, 0) is 24.6 Å². The topological polar surface area (TPSA) is 68.5 Å². The van der Waals surface area contributed by atoms with Crippen molar-refractivity contribution in [1.82, 2.24) is 15.0 Å². The molecule has 6 heteroatoms. The number of rotatable bonds is 7. The fraction of sp³-hybridized carbons (Fsp3) is 0.318. The summed E-state index contributed by atoms with van der Waals surface area (Å²) in [5.41, 5.74) is 2.95. The summed E-state index contributed by atoms with van der Waals surface area (Å²) in [5, 5.41) is 4.03. The van der Waals surface area contributed by atoms with Crippen LogP contribution in [0.15, 0.2) is 59.1 Å². The van der Waals surface area contributed by atoms with E-state index in [-0.39, 0.29) is 11.8 Å². The number of carbonyl (C=O) groups excluding carboxylic acids is 1. The molecule has 1 aromatic heterocycles. The number of amides is 1. The fourth-order valence-electron chi connectivity index (χ4n) is 3.22. The number of hydrogen-bond acceptors (Lipinski definition) is 5. The Balaban J connectivity index is 1.23.